The number of aliphatic hydroxyl groups excluding tert-OH is 2. The van der Waals surface area contributed by atoms with E-state index in [1.165, 1.54) is 30.5 Å². The Labute approximate surface area is 455 Å². The van der Waals surface area contributed by atoms with Crippen molar-refractivity contribution in [3.63, 3.8) is 0 Å². The Kier molecular flexibility index (Phi) is 18.9. The lowest BCUT2D eigenvalue weighted by Crippen LogP contribution is -2.51. The predicted molar refractivity (Wildman–Crippen MR) is 287 cm³/mol. The maximum absolute atomic E-state index is 13.1. The molecule has 2 amide bonds. The average molecular weight is 1130 g/mol. The number of carbonyl (C=O) groups excluding carboxylic acids is 2. The van der Waals surface area contributed by atoms with Crippen LogP contribution in [-0.4, -0.2) is 165 Å². The number of nitrogens with two attached hydrogens (primary N) is 2. The van der Waals surface area contributed by atoms with Crippen molar-refractivity contribution in [1.29, 1.82) is 0 Å². The second-order valence-electron chi connectivity index (χ2n) is 18.7. The van der Waals surface area contributed by atoms with Gasteiger partial charge in [-0.15, -0.1) is 0 Å². The molecule has 3 aliphatic rings. The zero-order valence-corrected chi connectivity index (χ0v) is 42.6. The third-order valence-corrected chi connectivity index (χ3v) is 12.9. The number of fused-ring (bicyclic) bond motifs is 2. The number of aliphatic carboxylic acids is 4. The molecule has 20 N–H and O–H groups in total. The lowest BCUT2D eigenvalue weighted by Gasteiger charge is -2.38. The SMILES string of the molecule is Nc1nc2c(c(=O)[nH]1)N(Cc1cn(C3CC(O)C(CO)O3)c(=O)[nH]c1=O)C(CNc1ccc(C(=O)NC(CCC(=O)O)C(=O)O)cc1)CN2.Nc1nc2c(c(=O)[nH]1)NC(CNc1ccc(C(=O)NC(CCC(=O)O)C(=O)O)cc1)CN2. The van der Waals surface area contributed by atoms with Crippen molar-refractivity contribution >= 4 is 82.0 Å². The van der Waals surface area contributed by atoms with Gasteiger partial charge in [0, 0.05) is 74.1 Å². The molecule has 3 aliphatic heterocycles. The van der Waals surface area contributed by atoms with Crippen LogP contribution in [0.5, 0.6) is 0 Å². The number of nitrogens with one attached hydrogen (secondary N) is 10. The first-order chi connectivity index (χ1) is 38.6. The number of carbonyl (C=O) groups is 6. The summed E-state index contributed by atoms with van der Waals surface area (Å²) in [5, 5.41) is 75.9. The second-order valence-corrected chi connectivity index (χ2v) is 18.7. The van der Waals surface area contributed by atoms with E-state index in [2.05, 4.69) is 62.1 Å². The number of anilines is 8. The predicted octanol–water partition coefficient (Wildman–Crippen LogP) is -2.48. The Morgan fingerprint density at radius 3 is 1.77 bits per heavy atom. The first-order valence-corrected chi connectivity index (χ1v) is 24.8. The van der Waals surface area contributed by atoms with Crippen LogP contribution in [0.15, 0.2) is 73.9 Å². The van der Waals surface area contributed by atoms with E-state index < -0.39 is 102 Å². The van der Waals surface area contributed by atoms with Gasteiger partial charge in [0.05, 0.1) is 36.9 Å². The number of carboxylic acid groups (broad SMARTS) is 4. The van der Waals surface area contributed by atoms with Crippen molar-refractivity contribution in [2.45, 2.75) is 81.3 Å². The van der Waals surface area contributed by atoms with Gasteiger partial charge in [0.15, 0.2) is 11.6 Å². The van der Waals surface area contributed by atoms with Crippen LogP contribution < -0.4 is 76.0 Å². The van der Waals surface area contributed by atoms with Crippen molar-refractivity contribution < 1.29 is 64.1 Å². The van der Waals surface area contributed by atoms with Crippen LogP contribution in [0.3, 0.4) is 0 Å². The number of H-pyrrole nitrogens is 3. The van der Waals surface area contributed by atoms with Gasteiger partial charge in [0.2, 0.25) is 11.9 Å². The molecular weight excluding hydrogens is 1070 g/mol. The van der Waals surface area contributed by atoms with E-state index in [0.29, 0.717) is 36.0 Å². The molecule has 7 unspecified atom stereocenters. The fourth-order valence-corrected chi connectivity index (χ4v) is 8.70. The van der Waals surface area contributed by atoms with Gasteiger partial charge in [0.1, 0.15) is 35.8 Å². The molecule has 6 heterocycles. The zero-order valence-electron chi connectivity index (χ0n) is 42.6. The number of carboxylic acids is 4. The molecule has 1 saturated heterocycles. The van der Waals surface area contributed by atoms with Gasteiger partial charge >= 0.3 is 29.6 Å². The summed E-state index contributed by atoms with van der Waals surface area (Å²) in [6.45, 7) is 0.739. The van der Waals surface area contributed by atoms with Crippen LogP contribution in [0.4, 0.5) is 46.3 Å². The Morgan fingerprint density at radius 2 is 1.23 bits per heavy atom. The van der Waals surface area contributed by atoms with Crippen LogP contribution in [0.25, 0.3) is 0 Å². The normalized spacial score (nSPS) is 18.5. The summed E-state index contributed by atoms with van der Waals surface area (Å²) in [5.74, 6) is -5.85. The molecule has 7 atom stereocenters. The number of aliphatic hydroxyl groups is 2. The van der Waals surface area contributed by atoms with Gasteiger partial charge in [0.25, 0.3) is 28.5 Å². The molecule has 81 heavy (non-hydrogen) atoms. The number of rotatable bonds is 22. The largest absolute Gasteiger partial charge is 0.481 e. The molecule has 432 valence electrons. The average Bonchev–Trinajstić information content (AvgIpc) is 4.01. The fraction of sp³-hybridized carbons (Fsp3) is 0.375. The van der Waals surface area contributed by atoms with Crippen molar-refractivity contribution in [2.24, 2.45) is 0 Å². The highest BCUT2D eigenvalue weighted by Gasteiger charge is 2.36. The number of aromatic nitrogens is 6. The van der Waals surface area contributed by atoms with Crippen molar-refractivity contribution in [3.05, 3.63) is 113 Å². The lowest BCUT2D eigenvalue weighted by atomic mass is 10.1. The summed E-state index contributed by atoms with van der Waals surface area (Å²) >= 11 is 0. The molecule has 0 saturated carbocycles. The Balaban J connectivity index is 0.000000256. The lowest BCUT2D eigenvalue weighted by molar-refractivity contribution is -0.142. The second kappa shape index (κ2) is 26.1. The smallest absolute Gasteiger partial charge is 0.330 e. The quantitative estimate of drug-likeness (QED) is 0.0341. The highest BCUT2D eigenvalue weighted by atomic mass is 16.5. The molecule has 0 spiro atoms. The molecule has 0 bridgehead atoms. The summed E-state index contributed by atoms with van der Waals surface area (Å²) in [6.07, 6.45) is -2.94. The fourth-order valence-electron chi connectivity index (χ4n) is 8.70. The van der Waals surface area contributed by atoms with Crippen LogP contribution in [0.2, 0.25) is 0 Å². The van der Waals surface area contributed by atoms with Crippen LogP contribution in [0, 0.1) is 0 Å². The van der Waals surface area contributed by atoms with Gasteiger partial charge < -0.3 is 89.0 Å². The van der Waals surface area contributed by atoms with Crippen molar-refractivity contribution in [1.82, 2.24) is 40.1 Å². The molecule has 33 heteroatoms. The van der Waals surface area contributed by atoms with E-state index in [1.54, 1.807) is 29.2 Å². The van der Waals surface area contributed by atoms with Crippen molar-refractivity contribution in [2.75, 3.05) is 75.7 Å². The Morgan fingerprint density at radius 1 is 0.704 bits per heavy atom. The molecular formula is C48H58N16O17. The van der Waals surface area contributed by atoms with Crippen LogP contribution >= 0.6 is 0 Å². The molecule has 33 nitrogen and oxygen atoms in total. The summed E-state index contributed by atoms with van der Waals surface area (Å²) in [7, 11) is 0. The number of hydrogen-bond donors (Lipinski definition) is 18. The minimum Gasteiger partial charge on any atom is -0.481 e. The summed E-state index contributed by atoms with van der Waals surface area (Å²) in [4.78, 5) is 137. The molecule has 0 aliphatic carbocycles. The standard InChI is InChI=1S/C29H35N9O11.C19H23N7O6/c30-28-34-23-22(26(45)35-28)37(10-14-11-38(29(48)36-25(14)44)20-7-18(40)19(12-39)49-20)16(9-32-23)8-31-15-3-1-13(2-4-15)24(43)33-17(27(46)47)5-6-21(41)42;20-19-25-15-14(17(30)26-19)23-11(8-22-15)7-21-10-3-1-9(2-4-10)16(29)24-12(18(31)32)5-6-13(27)28/h1-4,11,16-20,31,39-40H,5-10,12H2,(H,33,43)(H,41,42)(H,46,47)(H,36,44,48)(H4,30,32,34,35,45);1-4,11-12,21,23H,5-8H2,(H,24,29)(H,27,28)(H,31,32)(H4,20,22,25,26,30). The summed E-state index contributed by atoms with van der Waals surface area (Å²) in [5.41, 5.74) is 10.9. The third-order valence-electron chi connectivity index (χ3n) is 12.9. The summed E-state index contributed by atoms with van der Waals surface area (Å²) in [6, 6.07) is 9.08. The van der Waals surface area contributed by atoms with Crippen LogP contribution in [-0.2, 0) is 30.5 Å². The maximum atomic E-state index is 13.1. The molecule has 8 rings (SSSR count). The van der Waals surface area contributed by atoms with Gasteiger partial charge in [-0.25, -0.2) is 14.4 Å². The third kappa shape index (κ3) is 15.2. The van der Waals surface area contributed by atoms with E-state index in [1.807, 2.05) is 0 Å². The van der Waals surface area contributed by atoms with Crippen molar-refractivity contribution in [3.8, 4) is 0 Å². The first-order valence-electron chi connectivity index (χ1n) is 24.8. The van der Waals surface area contributed by atoms with E-state index >= 15 is 0 Å². The maximum Gasteiger partial charge on any atom is 0.330 e. The van der Waals surface area contributed by atoms with Gasteiger partial charge in [-0.1, -0.05) is 0 Å². The van der Waals surface area contributed by atoms with Gasteiger partial charge in [-0.2, -0.15) is 9.97 Å². The number of nitrogens with zero attached hydrogens (tertiary/aromatic N) is 4. The number of ether oxygens (including phenoxy) is 1. The van der Waals surface area contributed by atoms with E-state index in [-0.39, 0.29) is 97.0 Å². The number of benzene rings is 2. The molecule has 2 aromatic carbocycles. The van der Waals surface area contributed by atoms with E-state index in [0.717, 1.165) is 4.57 Å². The minimum absolute atomic E-state index is 0.00614. The monoisotopic (exact) mass is 1130 g/mol. The zero-order chi connectivity index (χ0) is 58.7. The molecule has 5 aromatic rings. The summed E-state index contributed by atoms with van der Waals surface area (Å²) < 4.78 is 6.71. The topological polar surface area (TPSA) is 519 Å². The van der Waals surface area contributed by atoms with Crippen LogP contribution in [0.1, 0.15) is 64.6 Å². The number of aromatic amines is 3. The minimum atomic E-state index is -1.39. The van der Waals surface area contributed by atoms with Gasteiger partial charge in [-0.3, -0.25) is 53.1 Å². The van der Waals surface area contributed by atoms with E-state index in [9.17, 15) is 63.3 Å². The Bertz CT molecular complexity index is 3390. The highest BCUT2D eigenvalue weighted by molar-refractivity contribution is 5.97. The highest BCUT2D eigenvalue weighted by Crippen LogP contribution is 2.30. The first kappa shape index (κ1) is 58.7. The molecule has 1 fully saturated rings. The molecule has 3 aromatic heterocycles. The Hall–Kier alpha value is -10.0. The number of nitrogen functional groups attached to an aromatic ring is 2. The number of amides is 2. The van der Waals surface area contributed by atoms with E-state index in [4.69, 9.17) is 31.5 Å². The molecule has 0 radical (unpaired) electrons. The number of hydrogen-bond acceptors (Lipinski definition) is 23. The van der Waals surface area contributed by atoms with Gasteiger partial charge in [-0.05, 0) is 61.4 Å².